The van der Waals surface area contributed by atoms with Gasteiger partial charge in [0.25, 0.3) is 0 Å². The van der Waals surface area contributed by atoms with E-state index in [9.17, 15) is 0 Å². The predicted octanol–water partition coefficient (Wildman–Crippen LogP) is 6.60. The average Bonchev–Trinajstić information content (AvgIpc) is 3.03. The maximum atomic E-state index is 8.58. The van der Waals surface area contributed by atoms with Gasteiger partial charge in [0.05, 0.1) is 11.1 Å². The minimum atomic E-state index is -2.48. The summed E-state index contributed by atoms with van der Waals surface area (Å²) in [5.74, 6) is -2.61. The third kappa shape index (κ3) is 2.68. The van der Waals surface area contributed by atoms with Gasteiger partial charge in [-0.05, 0) is 54.1 Å². The molecule has 1 aromatic carbocycles. The molecule has 1 unspecified atom stereocenters. The number of aryl methyl sites for hydroxylation is 1. The standard InChI is InChI=1S/C23H24N2O/c1-13(2)16-9-10-24-20(12-16)17-7-6-8-18-21-19(14(3)4)11-15(5)25-23(21)26-22(17)18/h6-14H,1-5H3/i1D3,13D,14D. The molecule has 1 atom stereocenters. The van der Waals surface area contributed by atoms with Crippen molar-refractivity contribution in [2.75, 3.05) is 0 Å². The van der Waals surface area contributed by atoms with Gasteiger partial charge in [0.1, 0.15) is 5.58 Å². The summed E-state index contributed by atoms with van der Waals surface area (Å²) >= 11 is 0. The van der Waals surface area contributed by atoms with E-state index in [1.165, 1.54) is 13.1 Å². The molecule has 3 heterocycles. The second-order valence-electron chi connectivity index (χ2n) is 6.83. The van der Waals surface area contributed by atoms with Crippen molar-refractivity contribution in [3.63, 3.8) is 0 Å². The lowest BCUT2D eigenvalue weighted by Crippen LogP contribution is -1.92. The molecule has 0 aliphatic heterocycles. The Bertz CT molecular complexity index is 1300. The number of furan rings is 1. The fraction of sp³-hybridized carbons (Fsp3) is 0.304. The quantitative estimate of drug-likeness (QED) is 0.418. The third-order valence-electron chi connectivity index (χ3n) is 4.61. The molecule has 3 heteroatoms. The van der Waals surface area contributed by atoms with Crippen LogP contribution in [0.1, 0.15) is 63.1 Å². The van der Waals surface area contributed by atoms with E-state index in [4.69, 9.17) is 11.3 Å². The number of benzene rings is 1. The van der Waals surface area contributed by atoms with Crippen LogP contribution in [0.4, 0.5) is 0 Å². The zero-order chi connectivity index (χ0) is 22.8. The van der Waals surface area contributed by atoms with Gasteiger partial charge in [-0.3, -0.25) is 4.98 Å². The van der Waals surface area contributed by atoms with E-state index >= 15 is 0 Å². The van der Waals surface area contributed by atoms with Crippen LogP contribution in [0.5, 0.6) is 0 Å². The van der Waals surface area contributed by atoms with Crippen LogP contribution in [-0.4, -0.2) is 9.97 Å². The minimum Gasteiger partial charge on any atom is -0.437 e. The monoisotopic (exact) mass is 349 g/mol. The maximum absolute atomic E-state index is 8.58. The molecule has 0 bridgehead atoms. The van der Waals surface area contributed by atoms with Gasteiger partial charge in [-0.15, -0.1) is 0 Å². The highest BCUT2D eigenvalue weighted by atomic mass is 16.3. The van der Waals surface area contributed by atoms with E-state index in [1.54, 1.807) is 12.1 Å². The summed E-state index contributed by atoms with van der Waals surface area (Å²) < 4.78 is 46.3. The van der Waals surface area contributed by atoms with Gasteiger partial charge in [-0.2, -0.15) is 0 Å². The molecule has 0 saturated heterocycles. The number of hydrogen-bond acceptors (Lipinski definition) is 3. The van der Waals surface area contributed by atoms with E-state index in [0.29, 0.717) is 28.1 Å². The highest BCUT2D eigenvalue weighted by molar-refractivity contribution is 6.09. The van der Waals surface area contributed by atoms with Gasteiger partial charge in [-0.25, -0.2) is 4.98 Å². The normalized spacial score (nSPS) is 17.9. The first-order chi connectivity index (χ1) is 14.3. The maximum Gasteiger partial charge on any atom is 0.227 e. The molecule has 26 heavy (non-hydrogen) atoms. The fourth-order valence-electron chi connectivity index (χ4n) is 3.33. The van der Waals surface area contributed by atoms with Crippen molar-refractivity contribution in [3.8, 4) is 11.3 Å². The van der Waals surface area contributed by atoms with Crippen molar-refractivity contribution in [1.82, 2.24) is 9.97 Å². The van der Waals surface area contributed by atoms with E-state index in [0.717, 1.165) is 22.0 Å². The topological polar surface area (TPSA) is 38.9 Å². The van der Waals surface area contributed by atoms with E-state index in [2.05, 4.69) is 9.97 Å². The highest BCUT2D eigenvalue weighted by Crippen LogP contribution is 2.38. The minimum absolute atomic E-state index is 0.354. The Labute approximate surface area is 161 Å². The number of hydrogen-bond donors (Lipinski definition) is 0. The van der Waals surface area contributed by atoms with Gasteiger partial charge in [0.2, 0.25) is 5.71 Å². The lowest BCUT2D eigenvalue weighted by Gasteiger charge is -2.08. The van der Waals surface area contributed by atoms with Crippen LogP contribution in [0.25, 0.3) is 33.3 Å². The zero-order valence-electron chi connectivity index (χ0n) is 20.3. The number of fused-ring (bicyclic) bond motifs is 3. The van der Waals surface area contributed by atoms with Crippen molar-refractivity contribution in [2.24, 2.45) is 0 Å². The second kappa shape index (κ2) is 6.24. The molecule has 3 nitrogen and oxygen atoms in total. The summed E-state index contributed by atoms with van der Waals surface area (Å²) in [6, 6.07) is 10.8. The lowest BCUT2D eigenvalue weighted by atomic mass is 9.96. The summed E-state index contributed by atoms with van der Waals surface area (Å²) in [5.41, 5.74) is 4.19. The van der Waals surface area contributed by atoms with Gasteiger partial charge in [0.15, 0.2) is 0 Å². The Balaban J connectivity index is 1.99. The Morgan fingerprint density at radius 1 is 1.12 bits per heavy atom. The summed E-state index contributed by atoms with van der Waals surface area (Å²) in [4.78, 5) is 8.97. The smallest absolute Gasteiger partial charge is 0.227 e. The highest BCUT2D eigenvalue weighted by Gasteiger charge is 2.18. The largest absolute Gasteiger partial charge is 0.437 e. The molecule has 0 aliphatic rings. The second-order valence-corrected chi connectivity index (χ2v) is 6.83. The van der Waals surface area contributed by atoms with Crippen LogP contribution in [0.2, 0.25) is 0 Å². The average molecular weight is 349 g/mol. The molecule has 4 rings (SSSR count). The number of pyridine rings is 2. The molecule has 3 aromatic heterocycles. The Morgan fingerprint density at radius 3 is 2.73 bits per heavy atom. The zero-order valence-corrected chi connectivity index (χ0v) is 15.3. The van der Waals surface area contributed by atoms with Crippen LogP contribution < -0.4 is 0 Å². The Morgan fingerprint density at radius 2 is 1.96 bits per heavy atom. The molecule has 4 aromatic rings. The predicted molar refractivity (Wildman–Crippen MR) is 108 cm³/mol. The van der Waals surface area contributed by atoms with Gasteiger partial charge in [-0.1, -0.05) is 39.8 Å². The summed E-state index contributed by atoms with van der Waals surface area (Å²) in [5, 5.41) is 1.62. The first kappa shape index (κ1) is 11.8. The van der Waals surface area contributed by atoms with Crippen LogP contribution in [0.15, 0.2) is 47.0 Å². The number of rotatable bonds is 3. The summed E-state index contributed by atoms with van der Waals surface area (Å²) in [7, 11) is 0. The fourth-order valence-corrected chi connectivity index (χ4v) is 3.33. The van der Waals surface area contributed by atoms with E-state index in [-0.39, 0.29) is 0 Å². The molecule has 0 radical (unpaired) electrons. The lowest BCUT2D eigenvalue weighted by molar-refractivity contribution is 0.652. The summed E-state index contributed by atoms with van der Waals surface area (Å²) in [6.45, 7) is 4.44. The van der Waals surface area contributed by atoms with Crippen molar-refractivity contribution in [2.45, 2.75) is 46.3 Å². The Hall–Kier alpha value is -2.68. The molecule has 0 N–H and O–H groups in total. The van der Waals surface area contributed by atoms with Gasteiger partial charge < -0.3 is 4.42 Å². The van der Waals surface area contributed by atoms with Crippen LogP contribution in [0.3, 0.4) is 0 Å². The Kier molecular flexibility index (Phi) is 2.84. The molecule has 0 spiro atoms. The SMILES string of the molecule is [2H]C(C)(C)c1cc(C)nc2oc3c(-c4cc(C([2H])(C)C([2H])([2H])[2H])ccn4)cccc3c12. The van der Waals surface area contributed by atoms with Gasteiger partial charge in [0, 0.05) is 29.7 Å². The van der Waals surface area contributed by atoms with E-state index in [1.807, 2.05) is 45.0 Å². The van der Waals surface area contributed by atoms with Crippen LogP contribution >= 0.6 is 0 Å². The first-order valence-corrected chi connectivity index (χ1v) is 8.61. The first-order valence-electron chi connectivity index (χ1n) is 11.1. The third-order valence-corrected chi connectivity index (χ3v) is 4.61. The van der Waals surface area contributed by atoms with Crippen molar-refractivity contribution < 1.29 is 11.3 Å². The molecule has 0 aliphatic carbocycles. The molecular formula is C23H24N2O. The molecular weight excluding hydrogens is 320 g/mol. The van der Waals surface area contributed by atoms with Crippen LogP contribution in [0, 0.1) is 6.92 Å². The van der Waals surface area contributed by atoms with Crippen molar-refractivity contribution in [3.05, 3.63) is 59.4 Å². The molecule has 0 amide bonds. The number of aromatic nitrogens is 2. The number of nitrogens with zero attached hydrogens (tertiary/aromatic N) is 2. The summed E-state index contributed by atoms with van der Waals surface area (Å²) in [6.07, 6.45) is 1.52. The molecule has 0 saturated carbocycles. The van der Waals surface area contributed by atoms with Crippen molar-refractivity contribution >= 4 is 22.1 Å². The van der Waals surface area contributed by atoms with Gasteiger partial charge >= 0.3 is 0 Å². The molecule has 0 fully saturated rings. The van der Waals surface area contributed by atoms with Crippen LogP contribution in [-0.2, 0) is 0 Å². The molecule has 132 valence electrons. The number of para-hydroxylation sites is 1. The van der Waals surface area contributed by atoms with Crippen molar-refractivity contribution in [1.29, 1.82) is 0 Å². The van der Waals surface area contributed by atoms with E-state index < -0.39 is 18.6 Å².